The lowest BCUT2D eigenvalue weighted by atomic mass is 10.3. The Balaban J connectivity index is 0. The van der Waals surface area contributed by atoms with Crippen molar-refractivity contribution in [1.29, 1.82) is 5.41 Å². The number of benzene rings is 1. The highest BCUT2D eigenvalue weighted by molar-refractivity contribution is 6.38. The molecule has 3 N–H and O–H groups in total. The molecule has 0 aliphatic carbocycles. The highest BCUT2D eigenvalue weighted by Crippen LogP contribution is 2.17. The van der Waals surface area contributed by atoms with Crippen LogP contribution in [0.25, 0.3) is 0 Å². The molecule has 0 atom stereocenters. The van der Waals surface area contributed by atoms with Gasteiger partial charge in [-0.15, -0.1) is 24.8 Å². The molecule has 0 saturated heterocycles. The normalized spacial score (nSPS) is 9.94. The molecule has 1 rings (SSSR count). The first-order valence-corrected chi connectivity index (χ1v) is 4.74. The Hall–Kier alpha value is -0.970. The highest BCUT2D eigenvalue weighted by atomic mass is 35.5. The molecule has 0 spiro atoms. The Kier molecular flexibility index (Phi) is 8.84. The zero-order valence-corrected chi connectivity index (χ0v) is 11.9. The van der Waals surface area contributed by atoms with E-state index in [1.807, 2.05) is 0 Å². The second kappa shape index (κ2) is 8.17. The lowest BCUT2D eigenvalue weighted by Gasteiger charge is -2.12. The molecule has 0 bridgehead atoms. The molecule has 0 radical (unpaired) electrons. The first-order valence-electron chi connectivity index (χ1n) is 4.36. The summed E-state index contributed by atoms with van der Waals surface area (Å²) in [6.45, 7) is 0. The zero-order valence-electron chi connectivity index (χ0n) is 9.48. The van der Waals surface area contributed by atoms with Gasteiger partial charge in [0.15, 0.2) is 11.7 Å². The molecule has 0 heterocycles. The van der Waals surface area contributed by atoms with Crippen molar-refractivity contribution in [2.45, 2.75) is 0 Å². The summed E-state index contributed by atoms with van der Waals surface area (Å²) in [5, 5.41) is 8.19. The van der Waals surface area contributed by atoms with E-state index in [0.29, 0.717) is 10.7 Å². The van der Waals surface area contributed by atoms with Gasteiger partial charge in [0.05, 0.1) is 5.69 Å². The molecule has 0 aliphatic heterocycles. The van der Waals surface area contributed by atoms with Crippen LogP contribution in [0.15, 0.2) is 29.3 Å². The number of hydrogen-bond donors (Lipinski definition) is 2. The molecule has 96 valence electrons. The summed E-state index contributed by atoms with van der Waals surface area (Å²) in [6.07, 6.45) is 0. The maximum Gasteiger partial charge on any atom is 0.166 e. The van der Waals surface area contributed by atoms with Crippen LogP contribution in [0.4, 0.5) is 5.69 Å². The summed E-state index contributed by atoms with van der Waals surface area (Å²) in [5.74, 6) is 0.345. The van der Waals surface area contributed by atoms with Crippen LogP contribution in [0.1, 0.15) is 0 Å². The topological polar surface area (TPSA) is 65.5 Å². The first-order chi connectivity index (χ1) is 7.00. The van der Waals surface area contributed by atoms with Crippen molar-refractivity contribution >= 4 is 53.8 Å². The van der Waals surface area contributed by atoms with Crippen LogP contribution in [0.3, 0.4) is 0 Å². The van der Waals surface area contributed by atoms with Gasteiger partial charge in [0, 0.05) is 19.1 Å². The monoisotopic (exact) mass is 296 g/mol. The van der Waals surface area contributed by atoms with Gasteiger partial charge in [-0.3, -0.25) is 5.41 Å². The molecule has 1 aromatic carbocycles. The van der Waals surface area contributed by atoms with Crippen LogP contribution in [-0.4, -0.2) is 30.7 Å². The van der Waals surface area contributed by atoms with E-state index in [-0.39, 0.29) is 36.5 Å². The van der Waals surface area contributed by atoms with Gasteiger partial charge in [0.2, 0.25) is 0 Å². The quantitative estimate of drug-likeness (QED) is 0.618. The van der Waals surface area contributed by atoms with E-state index in [0.717, 1.165) is 0 Å². The van der Waals surface area contributed by atoms with Crippen LogP contribution < -0.4 is 5.73 Å². The average molecular weight is 298 g/mol. The standard InChI is InChI=1S/C10H13ClN4.2ClH/c1-15(2)10(13)9(12)14-8-5-3-4-7(11)6-8;;/h3-6,13H,1-2H3,(H2,12,14);2*1H. The second-order valence-corrected chi connectivity index (χ2v) is 3.66. The molecule has 0 aliphatic rings. The summed E-state index contributed by atoms with van der Waals surface area (Å²) >= 11 is 5.80. The summed E-state index contributed by atoms with van der Waals surface area (Å²) < 4.78 is 0. The third-order valence-corrected chi connectivity index (χ3v) is 1.98. The Morgan fingerprint density at radius 3 is 2.41 bits per heavy atom. The SMILES string of the molecule is CN(C)C(=N)C(N)=Nc1cccc(Cl)c1.Cl.Cl. The van der Waals surface area contributed by atoms with Crippen LogP contribution >= 0.6 is 36.4 Å². The van der Waals surface area contributed by atoms with Crippen molar-refractivity contribution in [3.05, 3.63) is 29.3 Å². The third kappa shape index (κ3) is 5.77. The van der Waals surface area contributed by atoms with Gasteiger partial charge in [-0.25, -0.2) is 4.99 Å². The zero-order chi connectivity index (χ0) is 11.4. The molecule has 0 amide bonds. The average Bonchev–Trinajstić information content (AvgIpc) is 2.16. The second-order valence-electron chi connectivity index (χ2n) is 3.22. The lowest BCUT2D eigenvalue weighted by Crippen LogP contribution is -2.34. The maximum absolute atomic E-state index is 7.59. The van der Waals surface area contributed by atoms with Crippen molar-refractivity contribution in [1.82, 2.24) is 4.90 Å². The van der Waals surface area contributed by atoms with Gasteiger partial charge < -0.3 is 10.6 Å². The number of rotatable bonds is 1. The molecule has 4 nitrogen and oxygen atoms in total. The van der Waals surface area contributed by atoms with Gasteiger partial charge in [-0.05, 0) is 18.2 Å². The molecule has 17 heavy (non-hydrogen) atoms. The molecule has 1 aromatic rings. The van der Waals surface area contributed by atoms with Crippen molar-refractivity contribution < 1.29 is 0 Å². The van der Waals surface area contributed by atoms with Crippen LogP contribution in [0.5, 0.6) is 0 Å². The minimum absolute atomic E-state index is 0. The van der Waals surface area contributed by atoms with E-state index in [2.05, 4.69) is 4.99 Å². The van der Waals surface area contributed by atoms with Gasteiger partial charge in [0.1, 0.15) is 0 Å². The van der Waals surface area contributed by atoms with Crippen molar-refractivity contribution in [3.8, 4) is 0 Å². The number of nitrogens with zero attached hydrogens (tertiary/aromatic N) is 2. The Bertz CT molecular complexity index is 404. The molecule has 7 heteroatoms. The predicted octanol–water partition coefficient (Wildman–Crippen LogP) is 2.71. The summed E-state index contributed by atoms with van der Waals surface area (Å²) in [5.41, 5.74) is 6.29. The summed E-state index contributed by atoms with van der Waals surface area (Å²) in [4.78, 5) is 5.67. The number of likely N-dealkylation sites (N-methyl/N-ethyl adjacent to an activating group) is 1. The Morgan fingerprint density at radius 1 is 1.35 bits per heavy atom. The predicted molar refractivity (Wildman–Crippen MR) is 78.6 cm³/mol. The smallest absolute Gasteiger partial charge is 0.166 e. The van der Waals surface area contributed by atoms with Crippen molar-refractivity contribution in [3.63, 3.8) is 0 Å². The van der Waals surface area contributed by atoms with E-state index in [1.165, 1.54) is 0 Å². The van der Waals surface area contributed by atoms with Crippen LogP contribution in [-0.2, 0) is 0 Å². The molecule has 0 fully saturated rings. The number of nitrogens with one attached hydrogen (secondary N) is 1. The molecule has 0 aromatic heterocycles. The fraction of sp³-hybridized carbons (Fsp3) is 0.200. The van der Waals surface area contributed by atoms with Gasteiger partial charge in [-0.1, -0.05) is 17.7 Å². The number of hydrogen-bond acceptors (Lipinski definition) is 2. The summed E-state index contributed by atoms with van der Waals surface area (Å²) in [6, 6.07) is 7.01. The molecular weight excluding hydrogens is 282 g/mol. The van der Waals surface area contributed by atoms with Gasteiger partial charge >= 0.3 is 0 Å². The fourth-order valence-electron chi connectivity index (χ4n) is 0.967. The van der Waals surface area contributed by atoms with Crippen LogP contribution in [0, 0.1) is 5.41 Å². The number of aliphatic imine (C=N–C) groups is 1. The number of amidine groups is 2. The largest absolute Gasteiger partial charge is 0.381 e. The first kappa shape index (κ1) is 18.4. The Morgan fingerprint density at radius 2 is 1.94 bits per heavy atom. The highest BCUT2D eigenvalue weighted by Gasteiger charge is 2.04. The molecule has 0 saturated carbocycles. The van der Waals surface area contributed by atoms with Crippen molar-refractivity contribution in [2.75, 3.05) is 14.1 Å². The van der Waals surface area contributed by atoms with Crippen LogP contribution in [0.2, 0.25) is 5.02 Å². The van der Waals surface area contributed by atoms with E-state index >= 15 is 0 Å². The third-order valence-electron chi connectivity index (χ3n) is 1.75. The Labute approximate surface area is 118 Å². The van der Waals surface area contributed by atoms with Gasteiger partial charge in [-0.2, -0.15) is 0 Å². The van der Waals surface area contributed by atoms with E-state index < -0.39 is 0 Å². The van der Waals surface area contributed by atoms with Crippen molar-refractivity contribution in [2.24, 2.45) is 10.7 Å². The van der Waals surface area contributed by atoms with Gasteiger partial charge in [0.25, 0.3) is 0 Å². The minimum atomic E-state index is 0. The maximum atomic E-state index is 7.59. The molecule has 0 unspecified atom stereocenters. The number of nitrogens with two attached hydrogens (primary N) is 1. The van der Waals surface area contributed by atoms with E-state index in [4.69, 9.17) is 22.7 Å². The fourth-order valence-corrected chi connectivity index (χ4v) is 1.15. The van der Waals surface area contributed by atoms with E-state index in [9.17, 15) is 0 Å². The van der Waals surface area contributed by atoms with E-state index in [1.54, 1.807) is 43.3 Å². The number of halogens is 3. The minimum Gasteiger partial charge on any atom is -0.381 e. The summed E-state index contributed by atoms with van der Waals surface area (Å²) in [7, 11) is 3.48. The lowest BCUT2D eigenvalue weighted by molar-refractivity contribution is 0.626. The molecular formula is C10H15Cl3N4.